The van der Waals surface area contributed by atoms with Gasteiger partial charge in [0.2, 0.25) is 0 Å². The van der Waals surface area contributed by atoms with Crippen LogP contribution in [0.1, 0.15) is 13.8 Å². The lowest BCUT2D eigenvalue weighted by molar-refractivity contribution is 1.54. The summed E-state index contributed by atoms with van der Waals surface area (Å²) in [6.45, 7) is 4.24. The van der Waals surface area contributed by atoms with Gasteiger partial charge in [-0.1, -0.05) is 26.1 Å². The molecule has 0 rings (SSSR count). The molecule has 48 valence electrons. The van der Waals surface area contributed by atoms with E-state index in [1.165, 1.54) is 0 Å². The Morgan fingerprint density at radius 2 is 1.62 bits per heavy atom. The van der Waals surface area contributed by atoms with E-state index in [0.29, 0.717) is 0 Å². The highest BCUT2D eigenvalue weighted by atomic mass is 32.2. The highest BCUT2D eigenvalue weighted by Crippen LogP contribution is 2.15. The van der Waals surface area contributed by atoms with Gasteiger partial charge in [0.25, 0.3) is 0 Å². The van der Waals surface area contributed by atoms with Crippen molar-refractivity contribution in [1.82, 2.24) is 0 Å². The van der Waals surface area contributed by atoms with Crippen LogP contribution in [0.3, 0.4) is 0 Å². The standard InChI is InChI=1S/C5H10S3/c1-3-7-5(6)8-4-2/h3-4H2,1-2H3. The molecule has 0 saturated carbocycles. The molecule has 0 aliphatic rings. The molecule has 0 unspecified atom stereocenters. The summed E-state index contributed by atoms with van der Waals surface area (Å²) < 4.78 is 1.08. The maximum absolute atomic E-state index is 4.98. The average molecular weight is 166 g/mol. The van der Waals surface area contributed by atoms with Gasteiger partial charge in [-0.2, -0.15) is 0 Å². The third kappa shape index (κ3) is 4.94. The smallest absolute Gasteiger partial charge is 0.104 e. The fourth-order valence-electron chi connectivity index (χ4n) is 0.277. The summed E-state index contributed by atoms with van der Waals surface area (Å²) in [5.41, 5.74) is 0. The van der Waals surface area contributed by atoms with E-state index < -0.39 is 0 Å². The van der Waals surface area contributed by atoms with E-state index in [1.54, 1.807) is 23.5 Å². The van der Waals surface area contributed by atoms with Crippen LogP contribution in [-0.4, -0.2) is 15.0 Å². The minimum Gasteiger partial charge on any atom is -0.108 e. The molecule has 0 N–H and O–H groups in total. The zero-order chi connectivity index (χ0) is 6.41. The Morgan fingerprint density at radius 1 is 1.25 bits per heavy atom. The van der Waals surface area contributed by atoms with E-state index in [2.05, 4.69) is 13.8 Å². The van der Waals surface area contributed by atoms with E-state index in [1.807, 2.05) is 0 Å². The lowest BCUT2D eigenvalue weighted by atomic mass is 11.0. The highest BCUT2D eigenvalue weighted by Gasteiger charge is 1.91. The number of hydrogen-bond donors (Lipinski definition) is 0. The molecule has 0 aromatic carbocycles. The van der Waals surface area contributed by atoms with Crippen LogP contribution >= 0.6 is 35.7 Å². The molecule has 0 atom stereocenters. The van der Waals surface area contributed by atoms with Crippen molar-refractivity contribution < 1.29 is 0 Å². The SMILES string of the molecule is CCSC(=S)SCC. The highest BCUT2D eigenvalue weighted by molar-refractivity contribution is 8.47. The number of thioether (sulfide) groups is 2. The van der Waals surface area contributed by atoms with Crippen LogP contribution in [0.4, 0.5) is 0 Å². The van der Waals surface area contributed by atoms with E-state index >= 15 is 0 Å². The Balaban J connectivity index is 3.06. The van der Waals surface area contributed by atoms with Crippen molar-refractivity contribution in [3.05, 3.63) is 0 Å². The van der Waals surface area contributed by atoms with Gasteiger partial charge < -0.3 is 0 Å². The molecule has 0 fully saturated rings. The van der Waals surface area contributed by atoms with Crippen molar-refractivity contribution in [2.45, 2.75) is 13.8 Å². The van der Waals surface area contributed by atoms with Crippen LogP contribution in [0.5, 0.6) is 0 Å². The summed E-state index contributed by atoms with van der Waals surface area (Å²) in [6.07, 6.45) is 0. The molecule has 3 heteroatoms. The molecule has 0 aromatic rings. The quantitative estimate of drug-likeness (QED) is 0.579. The molecule has 0 heterocycles. The van der Waals surface area contributed by atoms with Gasteiger partial charge in [-0.15, -0.1) is 23.5 Å². The van der Waals surface area contributed by atoms with Gasteiger partial charge in [0.15, 0.2) is 0 Å². The van der Waals surface area contributed by atoms with Crippen molar-refractivity contribution in [3.63, 3.8) is 0 Å². The first-order valence-corrected chi connectivity index (χ1v) is 4.98. The van der Waals surface area contributed by atoms with Crippen LogP contribution in [0.2, 0.25) is 0 Å². The molecule has 0 aliphatic heterocycles. The van der Waals surface area contributed by atoms with Crippen LogP contribution < -0.4 is 0 Å². The van der Waals surface area contributed by atoms with Gasteiger partial charge in [-0.05, 0) is 11.5 Å². The third-order valence-corrected chi connectivity index (χ3v) is 2.99. The maximum atomic E-state index is 4.98. The molecule has 0 radical (unpaired) electrons. The number of thiocarbonyl (C=S) groups is 1. The summed E-state index contributed by atoms with van der Waals surface area (Å²) in [5.74, 6) is 2.21. The molecule has 0 spiro atoms. The second-order valence-electron chi connectivity index (χ2n) is 1.12. The maximum Gasteiger partial charge on any atom is 0.104 e. The van der Waals surface area contributed by atoms with Gasteiger partial charge in [0.1, 0.15) is 3.53 Å². The third-order valence-electron chi connectivity index (χ3n) is 0.524. The van der Waals surface area contributed by atoms with E-state index in [0.717, 1.165) is 15.0 Å². The lowest BCUT2D eigenvalue weighted by Gasteiger charge is -1.94. The number of hydrogen-bond acceptors (Lipinski definition) is 3. The van der Waals surface area contributed by atoms with Crippen LogP contribution in [-0.2, 0) is 0 Å². The van der Waals surface area contributed by atoms with E-state index in [9.17, 15) is 0 Å². The van der Waals surface area contributed by atoms with Gasteiger partial charge in [-0.25, -0.2) is 0 Å². The molecule has 0 aliphatic carbocycles. The van der Waals surface area contributed by atoms with Crippen LogP contribution in [0, 0.1) is 0 Å². The normalized spacial score (nSPS) is 9.25. The zero-order valence-corrected chi connectivity index (χ0v) is 7.59. The van der Waals surface area contributed by atoms with Crippen molar-refractivity contribution in [3.8, 4) is 0 Å². The van der Waals surface area contributed by atoms with Crippen molar-refractivity contribution >= 4 is 39.3 Å². The predicted molar refractivity (Wildman–Crippen MR) is 48.9 cm³/mol. The first-order valence-electron chi connectivity index (χ1n) is 2.60. The Hall–Kier alpha value is 0.790. The van der Waals surface area contributed by atoms with Crippen molar-refractivity contribution in [1.29, 1.82) is 0 Å². The molecule has 0 aromatic heterocycles. The van der Waals surface area contributed by atoms with E-state index in [4.69, 9.17) is 12.2 Å². The summed E-state index contributed by atoms with van der Waals surface area (Å²) in [5, 5.41) is 0. The van der Waals surface area contributed by atoms with Gasteiger partial charge in [0, 0.05) is 0 Å². The van der Waals surface area contributed by atoms with Crippen LogP contribution in [0.15, 0.2) is 0 Å². The Kier molecular flexibility index (Phi) is 6.50. The first-order chi connectivity index (χ1) is 3.81. The summed E-state index contributed by atoms with van der Waals surface area (Å²) >= 11 is 8.48. The fraction of sp³-hybridized carbons (Fsp3) is 0.800. The fourth-order valence-corrected chi connectivity index (χ4v) is 2.50. The Bertz CT molecular complexity index is 62.1. The van der Waals surface area contributed by atoms with Gasteiger partial charge >= 0.3 is 0 Å². The molecular weight excluding hydrogens is 156 g/mol. The Labute approximate surface area is 64.8 Å². The topological polar surface area (TPSA) is 0 Å². The number of rotatable bonds is 2. The zero-order valence-electron chi connectivity index (χ0n) is 5.14. The minimum atomic E-state index is 1.08. The largest absolute Gasteiger partial charge is 0.108 e. The first kappa shape index (κ1) is 8.79. The summed E-state index contributed by atoms with van der Waals surface area (Å²) in [4.78, 5) is 0. The molecule has 0 bridgehead atoms. The van der Waals surface area contributed by atoms with Crippen molar-refractivity contribution in [2.24, 2.45) is 0 Å². The molecular formula is C5H10S3. The Morgan fingerprint density at radius 3 is 1.88 bits per heavy atom. The second-order valence-corrected chi connectivity index (χ2v) is 4.85. The molecule has 0 nitrogen and oxygen atoms in total. The second kappa shape index (κ2) is 5.92. The monoisotopic (exact) mass is 166 g/mol. The predicted octanol–water partition coefficient (Wildman–Crippen LogP) is 2.78. The summed E-state index contributed by atoms with van der Waals surface area (Å²) in [7, 11) is 0. The van der Waals surface area contributed by atoms with Crippen molar-refractivity contribution in [2.75, 3.05) is 11.5 Å². The molecule has 8 heavy (non-hydrogen) atoms. The minimum absolute atomic E-state index is 1.08. The average Bonchev–Trinajstić information content (AvgIpc) is 1.68. The molecule has 0 amide bonds. The van der Waals surface area contributed by atoms with E-state index in [-0.39, 0.29) is 0 Å². The summed E-state index contributed by atoms with van der Waals surface area (Å²) in [6, 6.07) is 0. The van der Waals surface area contributed by atoms with Gasteiger partial charge in [0.05, 0.1) is 0 Å². The van der Waals surface area contributed by atoms with Gasteiger partial charge in [-0.3, -0.25) is 0 Å². The van der Waals surface area contributed by atoms with Crippen LogP contribution in [0.25, 0.3) is 0 Å². The lowest BCUT2D eigenvalue weighted by Crippen LogP contribution is -1.80. The molecule has 0 saturated heterocycles.